The number of nitrogens with zero attached hydrogens (tertiary/aromatic N) is 4. The Morgan fingerprint density at radius 2 is 0.982 bits per heavy atom. The van der Waals surface area contributed by atoms with E-state index in [1.165, 1.54) is 40.3 Å². The minimum absolute atomic E-state index is 0.559. The van der Waals surface area contributed by atoms with Crippen LogP contribution in [0, 0.1) is 22.7 Å². The first-order chi connectivity index (χ1) is 27.7. The van der Waals surface area contributed by atoms with Crippen LogP contribution < -0.4 is 0 Å². The van der Waals surface area contributed by atoms with Crippen LogP contribution in [0.2, 0.25) is 0 Å². The van der Waals surface area contributed by atoms with E-state index in [0.717, 1.165) is 66.1 Å². The summed E-state index contributed by atoms with van der Waals surface area (Å²) < 4.78 is 9.53. The molecule has 56 heavy (non-hydrogen) atoms. The monoisotopic (exact) mass is 746 g/mol. The topological polar surface area (TPSA) is 57.4 Å². The highest BCUT2D eigenvalue weighted by molar-refractivity contribution is 7.26. The molecule has 4 nitrogen and oxygen atoms in total. The van der Waals surface area contributed by atoms with Crippen LogP contribution in [-0.4, -0.2) is 9.13 Å². The maximum absolute atomic E-state index is 11.7. The van der Waals surface area contributed by atoms with Crippen molar-refractivity contribution < 1.29 is 0 Å². The number of hydrogen-bond donors (Lipinski definition) is 0. The number of fused-ring (bicyclic) bond motifs is 14. The van der Waals surface area contributed by atoms with Crippen molar-refractivity contribution in [1.29, 1.82) is 10.5 Å². The van der Waals surface area contributed by atoms with E-state index < -0.39 is 0 Å². The molecule has 0 bridgehead atoms. The van der Waals surface area contributed by atoms with Crippen LogP contribution in [0.4, 0.5) is 0 Å². The van der Waals surface area contributed by atoms with E-state index in [4.69, 9.17) is 0 Å². The summed E-state index contributed by atoms with van der Waals surface area (Å²) in [5.41, 5.74) is 8.72. The normalized spacial score (nSPS) is 11.9. The maximum atomic E-state index is 11.7. The predicted molar refractivity (Wildman–Crippen MR) is 236 cm³/mol. The third-order valence-electron chi connectivity index (χ3n) is 11.4. The van der Waals surface area contributed by atoms with Crippen molar-refractivity contribution in [2.75, 3.05) is 0 Å². The first-order valence-corrected chi connectivity index (χ1v) is 20.1. The zero-order chi connectivity index (χ0) is 37.1. The van der Waals surface area contributed by atoms with Crippen molar-refractivity contribution in [1.82, 2.24) is 9.13 Å². The molecule has 0 unspecified atom stereocenters. The number of benzene rings is 8. The summed E-state index contributed by atoms with van der Waals surface area (Å²) >= 11 is 3.60. The third-order valence-corrected chi connectivity index (χ3v) is 13.7. The molecular formula is C50H26N4S2. The van der Waals surface area contributed by atoms with Gasteiger partial charge in [-0.2, -0.15) is 10.5 Å². The molecule has 4 aromatic heterocycles. The van der Waals surface area contributed by atoms with Gasteiger partial charge in [0, 0.05) is 67.5 Å². The van der Waals surface area contributed by atoms with Crippen molar-refractivity contribution >= 4 is 107 Å². The molecule has 0 saturated carbocycles. The van der Waals surface area contributed by atoms with E-state index in [1.807, 2.05) is 24.3 Å². The summed E-state index contributed by atoms with van der Waals surface area (Å²) in [5, 5.41) is 31.1. The van der Waals surface area contributed by atoms with E-state index in [9.17, 15) is 10.5 Å². The fourth-order valence-electron chi connectivity index (χ4n) is 9.11. The standard InChI is InChI=1S/C50H26N4S2/c51-27-29-10-9-11-30(26-29)31-20-23-41(53-39-16-5-1-12-32(39)34-21-24-44-46(49(34)53)36-14-3-7-18-42(36)55-44)38(28-52)48(31)54-40-17-6-2-13-33(40)35-22-25-45-47(50(35)54)37-15-4-8-19-43(37)56-45/h1-26H. The SMILES string of the molecule is N#Cc1cccc(-c2ccc(-n3c4ccccc4c4ccc5sc6ccccc6c5c43)c(C#N)c2-n2c3ccccc3c3ccc4sc5ccccc5c4c32)c1. The Kier molecular flexibility index (Phi) is 6.48. The van der Waals surface area contributed by atoms with Gasteiger partial charge >= 0.3 is 0 Å². The summed E-state index contributed by atoms with van der Waals surface area (Å²) in [6.07, 6.45) is 0. The van der Waals surface area contributed by atoms with Crippen LogP contribution >= 0.6 is 22.7 Å². The Morgan fingerprint density at radius 3 is 1.59 bits per heavy atom. The molecule has 0 aliphatic rings. The van der Waals surface area contributed by atoms with Gasteiger partial charge < -0.3 is 9.13 Å². The summed E-state index contributed by atoms with van der Waals surface area (Å²) in [5.74, 6) is 0. The molecule has 0 amide bonds. The first kappa shape index (κ1) is 31.2. The van der Waals surface area contributed by atoms with E-state index in [1.54, 1.807) is 22.7 Å². The molecule has 0 saturated heterocycles. The lowest BCUT2D eigenvalue weighted by molar-refractivity contribution is 1.12. The van der Waals surface area contributed by atoms with Crippen molar-refractivity contribution in [2.24, 2.45) is 0 Å². The number of hydrogen-bond acceptors (Lipinski definition) is 4. The zero-order valence-electron chi connectivity index (χ0n) is 29.6. The largest absolute Gasteiger partial charge is 0.307 e. The molecule has 258 valence electrons. The van der Waals surface area contributed by atoms with Crippen LogP contribution in [-0.2, 0) is 0 Å². The summed E-state index contributed by atoms with van der Waals surface area (Å²) in [7, 11) is 0. The Bertz CT molecular complexity index is 3750. The molecule has 0 fully saturated rings. The van der Waals surface area contributed by atoms with Gasteiger partial charge in [-0.05, 0) is 60.2 Å². The van der Waals surface area contributed by atoms with Gasteiger partial charge in [-0.1, -0.05) is 103 Å². The number of nitriles is 2. The van der Waals surface area contributed by atoms with Crippen molar-refractivity contribution in [3.63, 3.8) is 0 Å². The molecule has 0 aliphatic heterocycles. The number of aromatic nitrogens is 2. The Hall–Kier alpha value is -7.22. The van der Waals surface area contributed by atoms with Gasteiger partial charge in [0.05, 0.1) is 45.1 Å². The average molecular weight is 747 g/mol. The lowest BCUT2D eigenvalue weighted by atomic mass is 9.96. The van der Waals surface area contributed by atoms with Gasteiger partial charge in [-0.3, -0.25) is 0 Å². The average Bonchev–Trinajstić information content (AvgIpc) is 4.00. The number of rotatable bonds is 3. The quantitative estimate of drug-likeness (QED) is 0.181. The zero-order valence-corrected chi connectivity index (χ0v) is 31.2. The minimum Gasteiger partial charge on any atom is -0.307 e. The highest BCUT2D eigenvalue weighted by Crippen LogP contribution is 2.48. The highest BCUT2D eigenvalue weighted by atomic mass is 32.1. The summed E-state index contributed by atoms with van der Waals surface area (Å²) in [6, 6.07) is 60.4. The first-order valence-electron chi connectivity index (χ1n) is 18.5. The summed E-state index contributed by atoms with van der Waals surface area (Å²) in [4.78, 5) is 0. The van der Waals surface area contributed by atoms with Crippen molar-refractivity contribution in [3.8, 4) is 34.6 Å². The van der Waals surface area contributed by atoms with E-state index in [0.29, 0.717) is 11.1 Å². The van der Waals surface area contributed by atoms with Crippen LogP contribution in [0.25, 0.3) is 106 Å². The second-order valence-corrected chi connectivity index (χ2v) is 16.4. The van der Waals surface area contributed by atoms with Gasteiger partial charge in [0.15, 0.2) is 0 Å². The van der Waals surface area contributed by atoms with Crippen LogP contribution in [0.3, 0.4) is 0 Å². The van der Waals surface area contributed by atoms with Gasteiger partial charge in [0.1, 0.15) is 11.6 Å². The van der Waals surface area contributed by atoms with Gasteiger partial charge in [0.25, 0.3) is 0 Å². The van der Waals surface area contributed by atoms with Crippen LogP contribution in [0.5, 0.6) is 0 Å². The van der Waals surface area contributed by atoms with Gasteiger partial charge in [-0.15, -0.1) is 22.7 Å². The van der Waals surface area contributed by atoms with Crippen LogP contribution in [0.15, 0.2) is 158 Å². The molecule has 8 aromatic carbocycles. The van der Waals surface area contributed by atoms with E-state index in [2.05, 4.69) is 155 Å². The molecule has 12 aromatic rings. The number of thiophene rings is 2. The van der Waals surface area contributed by atoms with Crippen LogP contribution in [0.1, 0.15) is 11.1 Å². The van der Waals surface area contributed by atoms with E-state index in [-0.39, 0.29) is 0 Å². The lowest BCUT2D eigenvalue weighted by Crippen LogP contribution is -2.06. The Labute approximate surface area is 328 Å². The predicted octanol–water partition coefficient (Wildman–Crippen LogP) is 14.0. The molecule has 0 atom stereocenters. The highest BCUT2D eigenvalue weighted by Gasteiger charge is 2.27. The fourth-order valence-corrected chi connectivity index (χ4v) is 11.3. The fraction of sp³-hybridized carbons (Fsp3) is 0. The molecule has 0 aliphatic carbocycles. The Morgan fingerprint density at radius 1 is 0.429 bits per heavy atom. The van der Waals surface area contributed by atoms with Crippen molar-refractivity contribution in [3.05, 3.63) is 169 Å². The lowest BCUT2D eigenvalue weighted by Gasteiger charge is -2.20. The molecule has 0 N–H and O–H groups in total. The van der Waals surface area contributed by atoms with E-state index >= 15 is 0 Å². The molecule has 4 heterocycles. The second-order valence-electron chi connectivity index (χ2n) is 14.2. The van der Waals surface area contributed by atoms with Gasteiger partial charge in [0.2, 0.25) is 0 Å². The minimum atomic E-state index is 0.559. The molecule has 0 radical (unpaired) electrons. The smallest absolute Gasteiger partial charge is 0.104 e. The molecule has 6 heteroatoms. The van der Waals surface area contributed by atoms with Crippen molar-refractivity contribution in [2.45, 2.75) is 0 Å². The summed E-state index contributed by atoms with van der Waals surface area (Å²) in [6.45, 7) is 0. The number of para-hydroxylation sites is 2. The Balaban J connectivity index is 1.32. The molecular weight excluding hydrogens is 721 g/mol. The second kappa shape index (κ2) is 11.6. The molecule has 0 spiro atoms. The maximum Gasteiger partial charge on any atom is 0.104 e. The molecule has 12 rings (SSSR count). The third kappa shape index (κ3) is 4.15. The van der Waals surface area contributed by atoms with Gasteiger partial charge in [-0.25, -0.2) is 0 Å².